The molecule has 1 aliphatic rings. The molecule has 3 heterocycles. The first kappa shape index (κ1) is 15.0. The van der Waals surface area contributed by atoms with Crippen molar-refractivity contribution < 1.29 is 13.9 Å². The van der Waals surface area contributed by atoms with Crippen molar-refractivity contribution in [2.24, 2.45) is 5.92 Å². The number of carbonyl (C=O) groups excluding carboxylic acids is 1. The van der Waals surface area contributed by atoms with Crippen molar-refractivity contribution in [2.45, 2.75) is 6.42 Å². The molecule has 1 saturated heterocycles. The number of imidazole rings is 1. The Hall–Kier alpha value is -2.60. The smallest absolute Gasteiger partial charge is 0.272 e. The third kappa shape index (κ3) is 2.92. The van der Waals surface area contributed by atoms with E-state index in [4.69, 9.17) is 9.15 Å². The average molecular weight is 325 g/mol. The van der Waals surface area contributed by atoms with Crippen LogP contribution in [0.3, 0.4) is 0 Å². The lowest BCUT2D eigenvalue weighted by Crippen LogP contribution is -2.36. The summed E-state index contributed by atoms with van der Waals surface area (Å²) in [5, 5.41) is 1.13. The normalized spacial score (nSPS) is 18.7. The van der Waals surface area contributed by atoms with Crippen molar-refractivity contribution in [2.75, 3.05) is 26.3 Å². The number of carbonyl (C=O) groups is 1. The quantitative estimate of drug-likeness (QED) is 0.803. The summed E-state index contributed by atoms with van der Waals surface area (Å²) >= 11 is 0. The van der Waals surface area contributed by atoms with Crippen molar-refractivity contribution in [3.8, 4) is 0 Å². The van der Waals surface area contributed by atoms with E-state index in [1.165, 1.54) is 11.9 Å². The summed E-state index contributed by atoms with van der Waals surface area (Å²) in [5.41, 5.74) is 2.64. The molecule has 1 atom stereocenters. The zero-order valence-electron chi connectivity index (χ0n) is 13.3. The molecule has 1 amide bonds. The lowest BCUT2D eigenvalue weighted by Gasteiger charge is -2.23. The Balaban J connectivity index is 1.52. The van der Waals surface area contributed by atoms with Gasteiger partial charge in [0.15, 0.2) is 0 Å². The number of furan rings is 1. The molecule has 0 bridgehead atoms. The van der Waals surface area contributed by atoms with Crippen molar-refractivity contribution in [3.05, 3.63) is 54.3 Å². The number of hydrogen-bond acceptors (Lipinski definition) is 4. The fourth-order valence-electron chi connectivity index (χ4n) is 3.28. The van der Waals surface area contributed by atoms with E-state index in [0.29, 0.717) is 32.0 Å². The Labute approximate surface area is 139 Å². The number of hydrogen-bond donors (Lipinski definition) is 1. The SMILES string of the molecule is O=C(c1cnc[nH]1)N1CCOC[C@@H](Cc2cccc3occc23)C1. The van der Waals surface area contributed by atoms with Crippen molar-refractivity contribution >= 4 is 16.9 Å². The molecular weight excluding hydrogens is 306 g/mol. The number of nitrogens with zero attached hydrogens (tertiary/aromatic N) is 2. The lowest BCUT2D eigenvalue weighted by molar-refractivity contribution is 0.0732. The van der Waals surface area contributed by atoms with Gasteiger partial charge in [0.05, 0.1) is 32.0 Å². The maximum Gasteiger partial charge on any atom is 0.272 e. The predicted molar refractivity (Wildman–Crippen MR) is 88.7 cm³/mol. The monoisotopic (exact) mass is 325 g/mol. The Morgan fingerprint density at radius 1 is 1.38 bits per heavy atom. The molecule has 1 fully saturated rings. The molecule has 6 heteroatoms. The molecule has 0 unspecified atom stereocenters. The highest BCUT2D eigenvalue weighted by atomic mass is 16.5. The Morgan fingerprint density at radius 3 is 3.21 bits per heavy atom. The van der Waals surface area contributed by atoms with Gasteiger partial charge in [0.25, 0.3) is 5.91 Å². The standard InChI is InChI=1S/C18H19N3O3/c22-18(16-9-19-12-20-16)21-5-7-23-11-13(10-21)8-14-2-1-3-17-15(14)4-6-24-17/h1-4,6,9,12-13H,5,7-8,10-11H2,(H,19,20)/t13-/m0/s1. The minimum atomic E-state index is -0.0236. The zero-order valence-corrected chi connectivity index (χ0v) is 13.3. The van der Waals surface area contributed by atoms with Crippen LogP contribution in [0.15, 0.2) is 47.5 Å². The van der Waals surface area contributed by atoms with E-state index in [2.05, 4.69) is 16.0 Å². The number of H-pyrrole nitrogens is 1. The fourth-order valence-corrected chi connectivity index (χ4v) is 3.28. The van der Waals surface area contributed by atoms with Gasteiger partial charge < -0.3 is 19.0 Å². The Morgan fingerprint density at radius 2 is 2.33 bits per heavy atom. The molecule has 24 heavy (non-hydrogen) atoms. The van der Waals surface area contributed by atoms with Gasteiger partial charge in [-0.15, -0.1) is 0 Å². The van der Waals surface area contributed by atoms with Crippen LogP contribution in [0, 0.1) is 5.92 Å². The highest BCUT2D eigenvalue weighted by molar-refractivity contribution is 5.92. The van der Waals surface area contributed by atoms with Crippen LogP contribution >= 0.6 is 0 Å². The van der Waals surface area contributed by atoms with E-state index < -0.39 is 0 Å². The molecule has 4 rings (SSSR count). The highest BCUT2D eigenvalue weighted by Gasteiger charge is 2.24. The predicted octanol–water partition coefficient (Wildman–Crippen LogP) is 2.49. The second kappa shape index (κ2) is 6.49. The van der Waals surface area contributed by atoms with Crippen LogP contribution in [0.1, 0.15) is 16.1 Å². The average Bonchev–Trinajstić information content (AvgIpc) is 3.24. The van der Waals surface area contributed by atoms with Crippen LogP contribution in [-0.2, 0) is 11.2 Å². The van der Waals surface area contributed by atoms with E-state index in [1.807, 2.05) is 23.1 Å². The molecule has 1 aromatic carbocycles. The van der Waals surface area contributed by atoms with E-state index in [1.54, 1.807) is 12.5 Å². The number of aromatic nitrogens is 2. The third-order valence-corrected chi connectivity index (χ3v) is 4.45. The van der Waals surface area contributed by atoms with Gasteiger partial charge in [-0.25, -0.2) is 4.98 Å². The van der Waals surface area contributed by atoms with Crippen LogP contribution < -0.4 is 0 Å². The zero-order chi connectivity index (χ0) is 16.4. The summed E-state index contributed by atoms with van der Waals surface area (Å²) in [6.45, 7) is 2.49. The number of aromatic amines is 1. The lowest BCUT2D eigenvalue weighted by atomic mass is 9.97. The fraction of sp³-hybridized carbons (Fsp3) is 0.333. The van der Waals surface area contributed by atoms with Crippen molar-refractivity contribution in [1.29, 1.82) is 0 Å². The molecule has 0 spiro atoms. The minimum Gasteiger partial charge on any atom is -0.464 e. The van der Waals surface area contributed by atoms with Gasteiger partial charge in [-0.1, -0.05) is 12.1 Å². The Kier molecular flexibility index (Phi) is 4.04. The topological polar surface area (TPSA) is 71.4 Å². The molecule has 0 aliphatic carbocycles. The maximum atomic E-state index is 12.6. The highest BCUT2D eigenvalue weighted by Crippen LogP contribution is 2.23. The first-order chi connectivity index (χ1) is 11.8. The van der Waals surface area contributed by atoms with Crippen LogP contribution in [-0.4, -0.2) is 47.1 Å². The van der Waals surface area contributed by atoms with Gasteiger partial charge in [0.2, 0.25) is 0 Å². The van der Waals surface area contributed by atoms with E-state index in [9.17, 15) is 4.79 Å². The van der Waals surface area contributed by atoms with E-state index in [-0.39, 0.29) is 11.8 Å². The summed E-state index contributed by atoms with van der Waals surface area (Å²) in [6.07, 6.45) is 5.66. The molecule has 6 nitrogen and oxygen atoms in total. The van der Waals surface area contributed by atoms with Crippen molar-refractivity contribution in [3.63, 3.8) is 0 Å². The minimum absolute atomic E-state index is 0.0236. The summed E-state index contributed by atoms with van der Waals surface area (Å²) in [5.74, 6) is 0.226. The van der Waals surface area contributed by atoms with Gasteiger partial charge in [0, 0.05) is 24.4 Å². The first-order valence-corrected chi connectivity index (χ1v) is 8.12. The van der Waals surface area contributed by atoms with Crippen LogP contribution in [0.4, 0.5) is 0 Å². The van der Waals surface area contributed by atoms with Gasteiger partial charge in [-0.05, 0) is 24.1 Å². The molecule has 2 aromatic heterocycles. The first-order valence-electron chi connectivity index (χ1n) is 8.12. The summed E-state index contributed by atoms with van der Waals surface area (Å²) in [4.78, 5) is 21.2. The van der Waals surface area contributed by atoms with E-state index >= 15 is 0 Å². The largest absolute Gasteiger partial charge is 0.464 e. The van der Waals surface area contributed by atoms with Crippen molar-refractivity contribution in [1.82, 2.24) is 14.9 Å². The Bertz CT molecular complexity index is 825. The van der Waals surface area contributed by atoms with Gasteiger partial charge in [-0.2, -0.15) is 0 Å². The molecule has 124 valence electrons. The summed E-state index contributed by atoms with van der Waals surface area (Å²) in [7, 11) is 0. The van der Waals surface area contributed by atoms with Crippen LogP contribution in [0.5, 0.6) is 0 Å². The van der Waals surface area contributed by atoms with Crippen LogP contribution in [0.25, 0.3) is 11.0 Å². The molecule has 0 radical (unpaired) electrons. The number of amides is 1. The number of fused-ring (bicyclic) bond motifs is 1. The summed E-state index contributed by atoms with van der Waals surface area (Å²) < 4.78 is 11.2. The molecule has 3 aromatic rings. The van der Waals surface area contributed by atoms with Gasteiger partial charge in [0.1, 0.15) is 11.3 Å². The molecule has 1 aliphatic heterocycles. The molecule has 1 N–H and O–H groups in total. The molecular formula is C18H19N3O3. The van der Waals surface area contributed by atoms with Gasteiger partial charge in [-0.3, -0.25) is 4.79 Å². The summed E-state index contributed by atoms with van der Waals surface area (Å²) in [6, 6.07) is 8.09. The second-order valence-electron chi connectivity index (χ2n) is 6.11. The third-order valence-electron chi connectivity index (χ3n) is 4.45. The van der Waals surface area contributed by atoms with Crippen LogP contribution in [0.2, 0.25) is 0 Å². The number of ether oxygens (including phenoxy) is 1. The van der Waals surface area contributed by atoms with E-state index in [0.717, 1.165) is 17.4 Å². The number of benzene rings is 1. The molecule has 0 saturated carbocycles. The maximum absolute atomic E-state index is 12.6. The second-order valence-corrected chi connectivity index (χ2v) is 6.11. The van der Waals surface area contributed by atoms with Gasteiger partial charge >= 0.3 is 0 Å². The number of rotatable bonds is 3. The number of nitrogens with one attached hydrogen (secondary N) is 1.